The molecule has 0 radical (unpaired) electrons. The van der Waals surface area contributed by atoms with Crippen molar-refractivity contribution in [3.63, 3.8) is 0 Å². The fourth-order valence-electron chi connectivity index (χ4n) is 2.34. The van der Waals surface area contributed by atoms with Gasteiger partial charge in [0.2, 0.25) is 0 Å². The van der Waals surface area contributed by atoms with E-state index in [0.29, 0.717) is 10.8 Å². The second kappa shape index (κ2) is 9.46. The Balaban J connectivity index is 2.16. The van der Waals surface area contributed by atoms with Crippen LogP contribution in [0.25, 0.3) is 0 Å². The zero-order chi connectivity index (χ0) is 23.7. The zero-order valence-electron chi connectivity index (χ0n) is 14.6. The van der Waals surface area contributed by atoms with Crippen molar-refractivity contribution in [2.24, 2.45) is 0 Å². The minimum absolute atomic E-state index is 0.425. The number of aliphatic hydroxyl groups excluding tert-OH is 2. The molecule has 21 heteroatoms. The molecule has 31 heavy (non-hydrogen) atoms. The first-order valence-corrected chi connectivity index (χ1v) is 11.7. The number of phosphoric acid groups is 2. The average molecular weight is 510 g/mol. The lowest BCUT2D eigenvalue weighted by Gasteiger charge is -2.18. The summed E-state index contributed by atoms with van der Waals surface area (Å²) in [5.74, 6) is -1.73. The molecule has 1 aliphatic heterocycles. The number of nitrogens with one attached hydrogen (secondary N) is 1. The minimum Gasteiger partial charge on any atom is -0.566 e. The molecular formula is C10H13N2O16P3. The van der Waals surface area contributed by atoms with Crippen LogP contribution in [0.15, 0.2) is 15.8 Å². The second-order valence-corrected chi connectivity index (χ2v) is 9.57. The van der Waals surface area contributed by atoms with Gasteiger partial charge >= 0.3 is 35.6 Å². The molecule has 7 atom stereocenters. The normalized spacial score (nSPS) is 28.0. The fraction of sp³-hybridized carbons (Fsp3) is 0.500. The molecule has 18 nitrogen and oxygen atoms in total. The third-order valence-electron chi connectivity index (χ3n) is 3.59. The van der Waals surface area contributed by atoms with Crippen LogP contribution in [0.5, 0.6) is 0 Å². The van der Waals surface area contributed by atoms with Gasteiger partial charge in [0.1, 0.15) is 23.9 Å². The number of carboxylic acid groups (broad SMARTS) is 1. The predicted octanol–water partition coefficient (Wildman–Crippen LogP) is -2.88. The predicted molar refractivity (Wildman–Crippen MR) is 89.6 cm³/mol. The van der Waals surface area contributed by atoms with E-state index in [9.17, 15) is 48.1 Å². The van der Waals surface area contributed by atoms with Crippen molar-refractivity contribution >= 4 is 29.9 Å². The Labute approximate surface area is 170 Å². The number of carbonyl (C=O) groups is 1. The van der Waals surface area contributed by atoms with E-state index >= 15 is 0 Å². The molecule has 1 saturated heterocycles. The van der Waals surface area contributed by atoms with Gasteiger partial charge in [-0.3, -0.25) is 23.8 Å². The Hall–Kier alpha value is -1.65. The van der Waals surface area contributed by atoms with Crippen molar-refractivity contribution < 1.29 is 66.4 Å². The van der Waals surface area contributed by atoms with Gasteiger partial charge in [-0.05, 0) is 8.88 Å². The van der Waals surface area contributed by atoms with Gasteiger partial charge in [-0.1, -0.05) is 0 Å². The van der Waals surface area contributed by atoms with Gasteiger partial charge < -0.3 is 29.8 Å². The third-order valence-corrected chi connectivity index (χ3v) is 7.07. The first-order chi connectivity index (χ1) is 14.1. The van der Waals surface area contributed by atoms with E-state index in [1.807, 2.05) is 0 Å². The third kappa shape index (κ3) is 6.43. The smallest absolute Gasteiger partial charge is 0.524 e. The molecule has 6 N–H and O–H groups in total. The molecule has 2 heterocycles. The molecule has 0 bridgehead atoms. The van der Waals surface area contributed by atoms with Crippen LogP contribution >= 0.6 is 23.9 Å². The van der Waals surface area contributed by atoms with Crippen molar-refractivity contribution in [3.05, 3.63) is 32.6 Å². The number of aromatic nitrogens is 2. The van der Waals surface area contributed by atoms with Crippen molar-refractivity contribution in [2.75, 3.05) is 6.61 Å². The number of nitrogens with zero attached hydrogens (tertiary/aromatic N) is 1. The molecule has 0 aliphatic carbocycles. The van der Waals surface area contributed by atoms with Crippen LogP contribution in [0.2, 0.25) is 0 Å². The van der Waals surface area contributed by atoms with E-state index in [1.54, 1.807) is 4.98 Å². The Bertz CT molecular complexity index is 1080. The summed E-state index contributed by atoms with van der Waals surface area (Å²) >= 11 is 0. The number of aromatic carboxylic acids is 1. The fourth-order valence-corrected chi connectivity index (χ4v) is 4.97. The number of H-pyrrole nitrogens is 1. The number of carboxylic acids is 1. The van der Waals surface area contributed by atoms with Crippen LogP contribution in [-0.2, 0) is 31.6 Å². The maximum atomic E-state index is 11.9. The molecule has 1 fully saturated rings. The molecule has 0 spiro atoms. The summed E-state index contributed by atoms with van der Waals surface area (Å²) < 4.78 is 50.0. The van der Waals surface area contributed by atoms with E-state index in [-0.39, 0.29) is 0 Å². The standard InChI is InChI=1S/C10H13N2O16P3/c13-5-4(2-25-30(21,22)28-31(23,24)27-29(19)20)26-8(6(5)14)12-1-3(9(16)17)7(15)11-10(12)18/h1,4-6,8,13-14H,2H2,(H,16,17)(H,21,22)(H,23,24)(H,11,15,18). The van der Waals surface area contributed by atoms with Gasteiger partial charge in [0.05, 0.1) is 6.61 Å². The van der Waals surface area contributed by atoms with E-state index in [2.05, 4.69) is 13.1 Å². The highest BCUT2D eigenvalue weighted by Crippen LogP contribution is 2.63. The second-order valence-electron chi connectivity index (χ2n) is 5.68. The van der Waals surface area contributed by atoms with Crippen LogP contribution in [0.3, 0.4) is 0 Å². The SMILES string of the molecule is O=C(O)c1cn(C2OC(COP(=O)(O)OP(=O)(O)O[P+](=O)[O-])C(O)C2O)c(=O)[nH]c1=O. The Morgan fingerprint density at radius 1 is 1.26 bits per heavy atom. The largest absolute Gasteiger partial charge is 0.566 e. The summed E-state index contributed by atoms with van der Waals surface area (Å²) in [5, 5.41) is 29.0. The maximum absolute atomic E-state index is 11.9. The lowest BCUT2D eigenvalue weighted by Crippen LogP contribution is -2.39. The first-order valence-electron chi connectivity index (χ1n) is 7.59. The molecule has 0 aromatic carbocycles. The van der Waals surface area contributed by atoms with Gasteiger partial charge in [-0.15, -0.1) is 0 Å². The van der Waals surface area contributed by atoms with E-state index < -0.39 is 77.8 Å². The van der Waals surface area contributed by atoms with Crippen LogP contribution in [0.1, 0.15) is 16.6 Å². The highest BCUT2D eigenvalue weighted by Gasteiger charge is 2.47. The Morgan fingerprint density at radius 3 is 2.42 bits per heavy atom. The first kappa shape index (κ1) is 25.6. The molecular weight excluding hydrogens is 497 g/mol. The average Bonchev–Trinajstić information content (AvgIpc) is 2.86. The number of aromatic amines is 1. The summed E-state index contributed by atoms with van der Waals surface area (Å²) in [5.41, 5.74) is -3.39. The number of hydrogen-bond donors (Lipinski definition) is 6. The van der Waals surface area contributed by atoms with Gasteiger partial charge in [0, 0.05) is 6.20 Å². The molecule has 1 aliphatic rings. The molecule has 2 rings (SSSR count). The van der Waals surface area contributed by atoms with Gasteiger partial charge in [-0.2, -0.15) is 4.31 Å². The van der Waals surface area contributed by atoms with Crippen LogP contribution in [-0.4, -0.2) is 65.5 Å². The Kier molecular flexibility index (Phi) is 7.81. The number of ether oxygens (including phenoxy) is 1. The number of rotatable bonds is 9. The molecule has 7 unspecified atom stereocenters. The topological polar surface area (TPSA) is 284 Å². The highest BCUT2D eigenvalue weighted by atomic mass is 31.3. The van der Waals surface area contributed by atoms with Gasteiger partial charge in [0.15, 0.2) is 6.23 Å². The van der Waals surface area contributed by atoms with E-state index in [4.69, 9.17) is 14.7 Å². The summed E-state index contributed by atoms with van der Waals surface area (Å²) in [7, 11) is -15.0. The summed E-state index contributed by atoms with van der Waals surface area (Å²) in [6, 6.07) is 0. The van der Waals surface area contributed by atoms with Crippen molar-refractivity contribution in [3.8, 4) is 0 Å². The maximum Gasteiger partial charge on any atom is 0.524 e. The minimum atomic E-state index is -5.57. The number of aliphatic hydroxyl groups is 2. The number of hydrogen-bond acceptors (Lipinski definition) is 13. The van der Waals surface area contributed by atoms with E-state index in [0.717, 1.165) is 0 Å². The lowest BCUT2D eigenvalue weighted by molar-refractivity contribution is -0.179. The van der Waals surface area contributed by atoms with Crippen molar-refractivity contribution in [1.82, 2.24) is 9.55 Å². The molecule has 1 aromatic rings. The monoisotopic (exact) mass is 510 g/mol. The summed E-state index contributed by atoms with van der Waals surface area (Å²) in [6.45, 7) is -1.12. The van der Waals surface area contributed by atoms with Crippen molar-refractivity contribution in [2.45, 2.75) is 24.5 Å². The molecule has 0 amide bonds. The van der Waals surface area contributed by atoms with Crippen LogP contribution < -0.4 is 16.1 Å². The lowest BCUT2D eigenvalue weighted by atomic mass is 10.1. The number of phosphoric ester groups is 1. The van der Waals surface area contributed by atoms with Crippen LogP contribution in [0, 0.1) is 0 Å². The van der Waals surface area contributed by atoms with Crippen LogP contribution in [0.4, 0.5) is 0 Å². The van der Waals surface area contributed by atoms with Gasteiger partial charge in [-0.25, -0.2) is 18.7 Å². The summed E-state index contributed by atoms with van der Waals surface area (Å²) in [4.78, 5) is 64.7. The molecule has 174 valence electrons. The highest BCUT2D eigenvalue weighted by molar-refractivity contribution is 7.64. The summed E-state index contributed by atoms with van der Waals surface area (Å²) in [6.07, 6.45) is -6.80. The zero-order valence-corrected chi connectivity index (χ0v) is 17.3. The molecule has 1 aromatic heterocycles. The molecule has 0 saturated carbocycles. The van der Waals surface area contributed by atoms with E-state index in [1.165, 1.54) is 0 Å². The quantitative estimate of drug-likeness (QED) is 0.182. The Morgan fingerprint density at radius 2 is 1.87 bits per heavy atom. The van der Waals surface area contributed by atoms with Crippen molar-refractivity contribution in [1.29, 1.82) is 0 Å². The van der Waals surface area contributed by atoms with Gasteiger partial charge in [0.25, 0.3) is 5.56 Å².